The lowest BCUT2D eigenvalue weighted by molar-refractivity contribution is -0.269. The zero-order valence-corrected chi connectivity index (χ0v) is 16.5. The lowest BCUT2D eigenvalue weighted by atomic mass is 9.64. The van der Waals surface area contributed by atoms with E-state index in [0.717, 1.165) is 16.3 Å². The fourth-order valence-electron chi connectivity index (χ4n) is 5.88. The Kier molecular flexibility index (Phi) is 4.02. The molecule has 2 saturated heterocycles. The Morgan fingerprint density at radius 1 is 1.10 bits per heavy atom. The minimum Gasteiger partial charge on any atom is -0.507 e. The van der Waals surface area contributed by atoms with Crippen molar-refractivity contribution in [2.45, 2.75) is 38.1 Å². The van der Waals surface area contributed by atoms with E-state index in [1.165, 1.54) is 11.9 Å². The summed E-state index contributed by atoms with van der Waals surface area (Å²) in [5, 5.41) is 23.4. The number of hydrogen-bond acceptors (Lipinski definition) is 5. The highest BCUT2D eigenvalue weighted by atomic mass is 16.6. The van der Waals surface area contributed by atoms with E-state index in [0.29, 0.717) is 19.3 Å². The maximum Gasteiger partial charge on any atom is 0.233 e. The number of fused-ring (bicyclic) bond motifs is 4. The SMILES string of the molecule is CC[C@H]1C[C@@H]2C(=O)N(C)C(=O)[C@@H]2[C@@H]2C[C@@H](c3ccc(O)c4ccccc34)O[C@]12O. The number of aliphatic hydroxyl groups is 1. The average molecular weight is 395 g/mol. The van der Waals surface area contributed by atoms with E-state index >= 15 is 0 Å². The van der Waals surface area contributed by atoms with Gasteiger partial charge in [0.15, 0.2) is 5.79 Å². The number of amides is 2. The molecule has 2 amide bonds. The van der Waals surface area contributed by atoms with Gasteiger partial charge >= 0.3 is 0 Å². The quantitative estimate of drug-likeness (QED) is 0.764. The van der Waals surface area contributed by atoms with Gasteiger partial charge in [0.2, 0.25) is 11.8 Å². The van der Waals surface area contributed by atoms with E-state index in [-0.39, 0.29) is 29.4 Å². The lowest BCUT2D eigenvalue weighted by Crippen LogP contribution is -2.53. The number of imide groups is 1. The molecule has 6 nitrogen and oxygen atoms in total. The number of carbonyl (C=O) groups excluding carboxylic acids is 2. The van der Waals surface area contributed by atoms with Crippen LogP contribution in [0, 0.1) is 23.7 Å². The number of ether oxygens (including phenoxy) is 1. The number of rotatable bonds is 2. The van der Waals surface area contributed by atoms with Crippen LogP contribution in [0.25, 0.3) is 10.8 Å². The van der Waals surface area contributed by atoms with Crippen LogP contribution in [0.3, 0.4) is 0 Å². The van der Waals surface area contributed by atoms with Gasteiger partial charge in [-0.25, -0.2) is 0 Å². The third-order valence-corrected chi connectivity index (χ3v) is 7.36. The minimum atomic E-state index is -1.43. The Balaban J connectivity index is 1.59. The van der Waals surface area contributed by atoms with E-state index < -0.39 is 23.7 Å². The Hall–Kier alpha value is -2.44. The molecular weight excluding hydrogens is 370 g/mol. The van der Waals surface area contributed by atoms with Gasteiger partial charge in [-0.15, -0.1) is 0 Å². The van der Waals surface area contributed by atoms with Crippen molar-refractivity contribution in [2.75, 3.05) is 7.05 Å². The van der Waals surface area contributed by atoms with Crippen LogP contribution in [-0.4, -0.2) is 39.8 Å². The first-order valence-corrected chi connectivity index (χ1v) is 10.3. The highest BCUT2D eigenvalue weighted by Gasteiger charge is 2.65. The second-order valence-electron chi connectivity index (χ2n) is 8.63. The lowest BCUT2D eigenvalue weighted by Gasteiger charge is -2.44. The molecule has 0 bridgehead atoms. The zero-order chi connectivity index (χ0) is 20.5. The van der Waals surface area contributed by atoms with Crippen molar-refractivity contribution in [3.63, 3.8) is 0 Å². The van der Waals surface area contributed by atoms with E-state index in [1.807, 2.05) is 37.3 Å². The van der Waals surface area contributed by atoms with Crippen LogP contribution in [0.4, 0.5) is 0 Å². The van der Waals surface area contributed by atoms with Crippen LogP contribution in [0.2, 0.25) is 0 Å². The number of carbonyl (C=O) groups is 2. The summed E-state index contributed by atoms with van der Waals surface area (Å²) in [6.07, 6.45) is 1.20. The molecule has 0 aromatic heterocycles. The van der Waals surface area contributed by atoms with Gasteiger partial charge in [-0.2, -0.15) is 0 Å². The molecule has 0 unspecified atom stereocenters. The maximum atomic E-state index is 12.8. The molecule has 152 valence electrons. The first-order valence-electron chi connectivity index (χ1n) is 10.3. The fraction of sp³-hybridized carbons (Fsp3) is 0.478. The summed E-state index contributed by atoms with van der Waals surface area (Å²) in [6.45, 7) is 1.98. The summed E-state index contributed by atoms with van der Waals surface area (Å²) in [5.74, 6) is -3.12. The van der Waals surface area contributed by atoms with Gasteiger partial charge in [0.05, 0.1) is 17.9 Å². The summed E-state index contributed by atoms with van der Waals surface area (Å²) in [5.41, 5.74) is 0.887. The van der Waals surface area contributed by atoms with Gasteiger partial charge in [-0.3, -0.25) is 14.5 Å². The van der Waals surface area contributed by atoms with Crippen LogP contribution in [0.15, 0.2) is 36.4 Å². The van der Waals surface area contributed by atoms with Crippen LogP contribution in [0.5, 0.6) is 5.75 Å². The number of benzene rings is 2. The molecule has 5 rings (SSSR count). The van der Waals surface area contributed by atoms with Crippen LogP contribution in [-0.2, 0) is 14.3 Å². The molecule has 2 N–H and O–H groups in total. The van der Waals surface area contributed by atoms with Crippen molar-refractivity contribution in [3.8, 4) is 5.75 Å². The van der Waals surface area contributed by atoms with Crippen molar-refractivity contribution in [3.05, 3.63) is 42.0 Å². The summed E-state index contributed by atoms with van der Waals surface area (Å²) in [4.78, 5) is 26.7. The molecule has 29 heavy (non-hydrogen) atoms. The number of hydrogen-bond donors (Lipinski definition) is 2. The first kappa shape index (κ1) is 18.6. The van der Waals surface area contributed by atoms with Gasteiger partial charge < -0.3 is 14.9 Å². The van der Waals surface area contributed by atoms with Crippen molar-refractivity contribution in [1.82, 2.24) is 4.90 Å². The molecule has 1 aliphatic carbocycles. The molecular formula is C23H25NO5. The monoisotopic (exact) mass is 395 g/mol. The number of nitrogens with zero attached hydrogens (tertiary/aromatic N) is 1. The molecule has 2 aromatic rings. The Morgan fingerprint density at radius 3 is 2.55 bits per heavy atom. The molecule has 0 radical (unpaired) electrons. The first-order chi connectivity index (χ1) is 13.9. The van der Waals surface area contributed by atoms with Gasteiger partial charge in [-0.1, -0.05) is 37.3 Å². The highest BCUT2D eigenvalue weighted by Crippen LogP contribution is 2.59. The Bertz CT molecular complexity index is 1020. The van der Waals surface area contributed by atoms with Gasteiger partial charge in [-0.05, 0) is 36.3 Å². The zero-order valence-electron chi connectivity index (χ0n) is 16.5. The number of likely N-dealkylation sites (tertiary alicyclic amines) is 1. The predicted octanol–water partition coefficient (Wildman–Crippen LogP) is 2.97. The highest BCUT2D eigenvalue weighted by molar-refractivity contribution is 6.05. The molecule has 6 heteroatoms. The van der Waals surface area contributed by atoms with Gasteiger partial charge in [0.1, 0.15) is 5.75 Å². The summed E-state index contributed by atoms with van der Waals surface area (Å²) in [7, 11) is 1.53. The van der Waals surface area contributed by atoms with Crippen molar-refractivity contribution in [2.24, 2.45) is 23.7 Å². The van der Waals surface area contributed by atoms with Crippen molar-refractivity contribution < 1.29 is 24.5 Å². The third-order valence-electron chi connectivity index (χ3n) is 7.36. The van der Waals surface area contributed by atoms with Crippen LogP contribution < -0.4 is 0 Å². The molecule has 3 aliphatic rings. The second-order valence-corrected chi connectivity index (χ2v) is 8.63. The van der Waals surface area contributed by atoms with E-state index in [4.69, 9.17) is 4.74 Å². The van der Waals surface area contributed by atoms with Gasteiger partial charge in [0.25, 0.3) is 0 Å². The van der Waals surface area contributed by atoms with E-state index in [2.05, 4.69) is 0 Å². The molecule has 1 saturated carbocycles. The topological polar surface area (TPSA) is 87.1 Å². The normalized spacial score (nSPS) is 36.5. The van der Waals surface area contributed by atoms with E-state index in [1.54, 1.807) is 6.07 Å². The number of aromatic hydroxyl groups is 1. The Labute approximate surface area is 169 Å². The van der Waals surface area contributed by atoms with E-state index in [9.17, 15) is 19.8 Å². The van der Waals surface area contributed by atoms with Crippen LogP contribution in [0.1, 0.15) is 37.9 Å². The molecule has 2 heterocycles. The summed E-state index contributed by atoms with van der Waals surface area (Å²) >= 11 is 0. The molecule has 3 fully saturated rings. The number of phenols is 1. The summed E-state index contributed by atoms with van der Waals surface area (Å²) < 4.78 is 6.31. The van der Waals surface area contributed by atoms with Gasteiger partial charge in [0, 0.05) is 24.3 Å². The fourth-order valence-corrected chi connectivity index (χ4v) is 5.88. The van der Waals surface area contributed by atoms with Crippen molar-refractivity contribution >= 4 is 22.6 Å². The summed E-state index contributed by atoms with van der Waals surface area (Å²) in [6, 6.07) is 11.0. The minimum absolute atomic E-state index is 0.140. The molecule has 2 aliphatic heterocycles. The molecule has 0 spiro atoms. The smallest absolute Gasteiger partial charge is 0.233 e. The predicted molar refractivity (Wildman–Crippen MR) is 106 cm³/mol. The number of phenolic OH excluding ortho intramolecular Hbond substituents is 1. The molecule has 6 atom stereocenters. The van der Waals surface area contributed by atoms with Crippen molar-refractivity contribution in [1.29, 1.82) is 0 Å². The second kappa shape index (κ2) is 6.28. The molecule has 2 aromatic carbocycles. The van der Waals surface area contributed by atoms with Crippen LogP contribution >= 0.6 is 0 Å². The third kappa shape index (κ3) is 2.42. The Morgan fingerprint density at radius 2 is 1.83 bits per heavy atom. The standard InChI is InChI=1S/C23H25NO5/c1-3-12-10-16-20(22(27)24(2)21(16)26)17-11-19(29-23(12,17)28)15-8-9-18(25)14-7-5-4-6-13(14)15/h4-9,12,16-17,19-20,25,28H,3,10-11H2,1-2H3/t12-,16-,17-,19-,20-,23+/m0/s1. The average Bonchev–Trinajstić information content (AvgIpc) is 3.18. The largest absolute Gasteiger partial charge is 0.507 e. The maximum absolute atomic E-state index is 12.8.